The van der Waals surface area contributed by atoms with Gasteiger partial charge in [0.1, 0.15) is 0 Å². The highest BCUT2D eigenvalue weighted by atomic mass is 35.5. The van der Waals surface area contributed by atoms with Crippen LogP contribution in [0.25, 0.3) is 11.4 Å². The second kappa shape index (κ2) is 6.78. The molecule has 2 aromatic rings. The van der Waals surface area contributed by atoms with E-state index in [4.69, 9.17) is 9.63 Å². The smallest absolute Gasteiger partial charge is 0.308 e. The molecular weight excluding hydrogens is 322 g/mol. The molecule has 3 rings (SSSR count). The molecule has 0 saturated carbocycles. The second-order valence-corrected chi connectivity index (χ2v) is 5.29. The van der Waals surface area contributed by atoms with E-state index in [9.17, 15) is 9.59 Å². The third kappa shape index (κ3) is 3.50. The monoisotopic (exact) mass is 337 g/mol. The number of rotatable bonds is 3. The van der Waals surface area contributed by atoms with Gasteiger partial charge in [-0.2, -0.15) is 4.98 Å². The van der Waals surface area contributed by atoms with Crippen molar-refractivity contribution in [2.75, 3.05) is 13.1 Å². The van der Waals surface area contributed by atoms with Crippen molar-refractivity contribution in [2.45, 2.75) is 13.3 Å². The zero-order valence-electron chi connectivity index (χ0n) is 12.4. The van der Waals surface area contributed by atoms with Crippen molar-refractivity contribution in [1.82, 2.24) is 15.0 Å². The lowest BCUT2D eigenvalue weighted by Gasteiger charge is -2.16. The van der Waals surface area contributed by atoms with Crippen molar-refractivity contribution < 1.29 is 19.2 Å². The number of aryl methyl sites for hydroxylation is 1. The Labute approximate surface area is 138 Å². The highest BCUT2D eigenvalue weighted by Crippen LogP contribution is 2.22. The zero-order valence-corrected chi connectivity index (χ0v) is 13.2. The van der Waals surface area contributed by atoms with Gasteiger partial charge in [0.15, 0.2) is 0 Å². The normalized spacial score (nSPS) is 16.9. The molecule has 122 valence electrons. The van der Waals surface area contributed by atoms with E-state index in [2.05, 4.69) is 10.1 Å². The Kier molecular flexibility index (Phi) is 5.00. The van der Waals surface area contributed by atoms with Crippen LogP contribution in [0.4, 0.5) is 0 Å². The van der Waals surface area contributed by atoms with Crippen molar-refractivity contribution in [3.05, 3.63) is 35.7 Å². The molecule has 1 N–H and O–H groups in total. The molecule has 1 aliphatic heterocycles. The maximum atomic E-state index is 12.5. The lowest BCUT2D eigenvalue weighted by molar-refractivity contribution is -0.141. The predicted octanol–water partition coefficient (Wildman–Crippen LogP) is 2.01. The first-order valence-corrected chi connectivity index (χ1v) is 6.97. The van der Waals surface area contributed by atoms with Crippen LogP contribution in [-0.4, -0.2) is 45.1 Å². The van der Waals surface area contributed by atoms with Crippen LogP contribution < -0.4 is 0 Å². The van der Waals surface area contributed by atoms with E-state index in [1.54, 1.807) is 36.1 Å². The fraction of sp³-hybridized carbons (Fsp3) is 0.333. The first-order chi connectivity index (χ1) is 10.5. The van der Waals surface area contributed by atoms with Crippen LogP contribution in [0.5, 0.6) is 0 Å². The number of carboxylic acids is 1. The van der Waals surface area contributed by atoms with Crippen LogP contribution in [0.15, 0.2) is 28.8 Å². The summed E-state index contributed by atoms with van der Waals surface area (Å²) in [6.07, 6.45) is 0.491. The molecule has 0 spiro atoms. The number of likely N-dealkylation sites (tertiary alicyclic amines) is 1. The van der Waals surface area contributed by atoms with Crippen LogP contribution in [0.2, 0.25) is 0 Å². The highest BCUT2D eigenvalue weighted by molar-refractivity contribution is 5.95. The Morgan fingerprint density at radius 2 is 2.17 bits per heavy atom. The molecule has 1 amide bonds. The molecular formula is C15H16ClN3O4. The molecule has 8 heteroatoms. The lowest BCUT2D eigenvalue weighted by atomic mass is 10.1. The van der Waals surface area contributed by atoms with E-state index >= 15 is 0 Å². The summed E-state index contributed by atoms with van der Waals surface area (Å²) in [6.45, 7) is 2.41. The zero-order chi connectivity index (χ0) is 15.7. The van der Waals surface area contributed by atoms with Crippen LogP contribution in [0.1, 0.15) is 22.7 Å². The van der Waals surface area contributed by atoms with E-state index in [0.717, 1.165) is 0 Å². The number of nitrogens with zero attached hydrogens (tertiary/aromatic N) is 3. The summed E-state index contributed by atoms with van der Waals surface area (Å²) in [5.41, 5.74) is 1.18. The lowest BCUT2D eigenvalue weighted by Crippen LogP contribution is -2.29. The number of halogens is 1. The minimum atomic E-state index is -0.855. The summed E-state index contributed by atoms with van der Waals surface area (Å²) in [5, 5.41) is 12.8. The number of aromatic nitrogens is 2. The molecule has 0 aliphatic carbocycles. The summed E-state index contributed by atoms with van der Waals surface area (Å²) < 4.78 is 4.94. The Balaban J connectivity index is 0.00000192. The Morgan fingerprint density at radius 1 is 1.39 bits per heavy atom. The van der Waals surface area contributed by atoms with E-state index in [0.29, 0.717) is 35.8 Å². The molecule has 7 nitrogen and oxygen atoms in total. The maximum Gasteiger partial charge on any atom is 0.308 e. The van der Waals surface area contributed by atoms with Gasteiger partial charge in [0.25, 0.3) is 5.91 Å². The second-order valence-electron chi connectivity index (χ2n) is 5.29. The number of benzene rings is 1. The Hall–Kier alpha value is -2.41. The minimum Gasteiger partial charge on any atom is -0.481 e. The largest absolute Gasteiger partial charge is 0.481 e. The number of hydrogen-bond acceptors (Lipinski definition) is 5. The van der Waals surface area contributed by atoms with Gasteiger partial charge in [0.2, 0.25) is 11.7 Å². The Morgan fingerprint density at radius 3 is 2.78 bits per heavy atom. The fourth-order valence-electron chi connectivity index (χ4n) is 2.54. The summed E-state index contributed by atoms with van der Waals surface area (Å²) >= 11 is 0. The van der Waals surface area contributed by atoms with Gasteiger partial charge in [0.05, 0.1) is 5.92 Å². The molecule has 0 bridgehead atoms. The van der Waals surface area contributed by atoms with Gasteiger partial charge in [-0.25, -0.2) is 0 Å². The van der Waals surface area contributed by atoms with Crippen molar-refractivity contribution in [2.24, 2.45) is 5.92 Å². The van der Waals surface area contributed by atoms with Gasteiger partial charge in [-0.15, -0.1) is 12.4 Å². The molecule has 1 fully saturated rings. The summed E-state index contributed by atoms with van der Waals surface area (Å²) in [7, 11) is 0. The summed E-state index contributed by atoms with van der Waals surface area (Å²) in [5.74, 6) is -0.628. The SMILES string of the molecule is Cc1nc(-c2cccc(C(=O)N3CCC(C(=O)O)C3)c2)no1.Cl. The van der Waals surface area contributed by atoms with E-state index in [1.165, 1.54) is 0 Å². The van der Waals surface area contributed by atoms with Gasteiger partial charge < -0.3 is 14.5 Å². The van der Waals surface area contributed by atoms with E-state index in [-0.39, 0.29) is 24.9 Å². The molecule has 1 saturated heterocycles. The van der Waals surface area contributed by atoms with Crippen molar-refractivity contribution >= 4 is 24.3 Å². The van der Waals surface area contributed by atoms with Crippen LogP contribution in [-0.2, 0) is 4.79 Å². The first-order valence-electron chi connectivity index (χ1n) is 6.97. The third-order valence-electron chi connectivity index (χ3n) is 3.72. The van der Waals surface area contributed by atoms with Gasteiger partial charge in [0, 0.05) is 31.1 Å². The summed E-state index contributed by atoms with van der Waals surface area (Å²) in [6, 6.07) is 6.94. The van der Waals surface area contributed by atoms with Gasteiger partial charge in [-0.1, -0.05) is 17.3 Å². The molecule has 0 radical (unpaired) electrons. The average molecular weight is 338 g/mol. The molecule has 23 heavy (non-hydrogen) atoms. The molecule has 1 aliphatic rings. The van der Waals surface area contributed by atoms with Gasteiger partial charge >= 0.3 is 5.97 Å². The maximum absolute atomic E-state index is 12.5. The van der Waals surface area contributed by atoms with E-state index < -0.39 is 11.9 Å². The standard InChI is InChI=1S/C15H15N3O4.ClH/c1-9-16-13(17-22-9)10-3-2-4-11(7-10)14(19)18-6-5-12(8-18)15(20)21;/h2-4,7,12H,5-6,8H2,1H3,(H,20,21);1H. The summed E-state index contributed by atoms with van der Waals surface area (Å²) in [4.78, 5) is 29.2. The minimum absolute atomic E-state index is 0. The molecule has 1 aromatic heterocycles. The van der Waals surface area contributed by atoms with Crippen molar-refractivity contribution in [3.63, 3.8) is 0 Å². The van der Waals surface area contributed by atoms with Crippen molar-refractivity contribution in [3.8, 4) is 11.4 Å². The Bertz CT molecular complexity index is 731. The molecule has 1 unspecified atom stereocenters. The topological polar surface area (TPSA) is 96.5 Å². The highest BCUT2D eigenvalue weighted by Gasteiger charge is 2.31. The number of carbonyl (C=O) groups excluding carboxylic acids is 1. The number of amides is 1. The van der Waals surface area contributed by atoms with Crippen molar-refractivity contribution in [1.29, 1.82) is 0 Å². The van der Waals surface area contributed by atoms with Gasteiger partial charge in [-0.05, 0) is 18.6 Å². The quantitative estimate of drug-likeness (QED) is 0.920. The van der Waals surface area contributed by atoms with E-state index in [1.807, 2.05) is 0 Å². The van der Waals surface area contributed by atoms with Crippen LogP contribution >= 0.6 is 12.4 Å². The third-order valence-corrected chi connectivity index (χ3v) is 3.72. The molecule has 1 atom stereocenters. The van der Waals surface area contributed by atoms with Crippen LogP contribution in [0.3, 0.4) is 0 Å². The molecule has 2 heterocycles. The van der Waals surface area contributed by atoms with Gasteiger partial charge in [-0.3, -0.25) is 9.59 Å². The number of hydrogen-bond donors (Lipinski definition) is 1. The average Bonchev–Trinajstić information content (AvgIpc) is 3.15. The molecule has 1 aromatic carbocycles. The van der Waals surface area contributed by atoms with Crippen LogP contribution in [0, 0.1) is 12.8 Å². The number of carboxylic acid groups (broad SMARTS) is 1. The predicted molar refractivity (Wildman–Crippen MR) is 83.4 cm³/mol. The first kappa shape index (κ1) is 17.0. The number of aliphatic carboxylic acids is 1. The fourth-order valence-corrected chi connectivity index (χ4v) is 2.54. The number of carbonyl (C=O) groups is 2.